The van der Waals surface area contributed by atoms with E-state index in [1.54, 1.807) is 0 Å². The third-order valence-corrected chi connectivity index (χ3v) is 4.73. The Balaban J connectivity index is 2.17. The van der Waals surface area contributed by atoms with Crippen LogP contribution in [0.1, 0.15) is 43.6 Å². The number of hydrogen-bond donors (Lipinski definition) is 1. The second kappa shape index (κ2) is 7.43. The van der Waals surface area contributed by atoms with Crippen LogP contribution < -0.4 is 5.32 Å². The summed E-state index contributed by atoms with van der Waals surface area (Å²) in [4.78, 5) is 0. The fourth-order valence-corrected chi connectivity index (χ4v) is 3.24. The Kier molecular flexibility index (Phi) is 5.85. The minimum absolute atomic E-state index is 0.205. The first-order valence-electron chi connectivity index (χ1n) is 7.21. The molecule has 3 nitrogen and oxygen atoms in total. The summed E-state index contributed by atoms with van der Waals surface area (Å²) in [7, 11) is 1.97. The number of nitrogens with zero attached hydrogens (tertiary/aromatic N) is 2. The second-order valence-corrected chi connectivity index (χ2v) is 6.55. The van der Waals surface area contributed by atoms with Crippen LogP contribution in [0.4, 0.5) is 0 Å². The Morgan fingerprint density at radius 1 is 1.38 bits per heavy atom. The van der Waals surface area contributed by atoms with Crippen LogP contribution in [-0.4, -0.2) is 16.8 Å². The van der Waals surface area contributed by atoms with Crippen LogP contribution in [0.2, 0.25) is 5.02 Å². The molecule has 1 aromatic carbocycles. The maximum Gasteiger partial charge on any atom is 0.0643 e. The van der Waals surface area contributed by atoms with Crippen molar-refractivity contribution >= 4 is 27.5 Å². The molecule has 2 unspecified atom stereocenters. The highest BCUT2D eigenvalue weighted by molar-refractivity contribution is 9.10. The minimum Gasteiger partial charge on any atom is -0.313 e. The number of benzene rings is 1. The van der Waals surface area contributed by atoms with Crippen LogP contribution in [0.15, 0.2) is 34.9 Å². The Morgan fingerprint density at radius 3 is 2.76 bits per heavy atom. The summed E-state index contributed by atoms with van der Waals surface area (Å²) in [6.45, 7) is 4.36. The molecule has 21 heavy (non-hydrogen) atoms. The first-order chi connectivity index (χ1) is 10.0. The lowest BCUT2D eigenvalue weighted by Gasteiger charge is -2.17. The van der Waals surface area contributed by atoms with Crippen molar-refractivity contribution in [2.45, 2.75) is 38.8 Å². The number of hydrogen-bond acceptors (Lipinski definition) is 2. The van der Waals surface area contributed by atoms with Gasteiger partial charge in [0.15, 0.2) is 0 Å². The number of likely N-dealkylation sites (N-methyl/N-ethyl adjacent to an activating group) is 1. The van der Waals surface area contributed by atoms with Gasteiger partial charge in [-0.25, -0.2) is 0 Å². The van der Waals surface area contributed by atoms with E-state index in [1.165, 1.54) is 5.56 Å². The van der Waals surface area contributed by atoms with E-state index in [-0.39, 0.29) is 6.04 Å². The van der Waals surface area contributed by atoms with Gasteiger partial charge >= 0.3 is 0 Å². The summed E-state index contributed by atoms with van der Waals surface area (Å²) in [5.74, 6) is 0. The molecule has 0 bridgehead atoms. The molecular formula is C16H21BrClN3. The highest BCUT2D eigenvalue weighted by Gasteiger charge is 2.15. The van der Waals surface area contributed by atoms with Crippen molar-refractivity contribution in [3.05, 3.63) is 51.2 Å². The van der Waals surface area contributed by atoms with Gasteiger partial charge in [-0.05, 0) is 44.2 Å². The van der Waals surface area contributed by atoms with Crippen LogP contribution in [0.3, 0.4) is 0 Å². The second-order valence-electron chi connectivity index (χ2n) is 5.26. The molecule has 0 saturated heterocycles. The van der Waals surface area contributed by atoms with Crippen molar-refractivity contribution in [3.63, 3.8) is 0 Å². The van der Waals surface area contributed by atoms with E-state index in [9.17, 15) is 0 Å². The van der Waals surface area contributed by atoms with Crippen LogP contribution in [0.25, 0.3) is 0 Å². The SMILES string of the molecule is CCC(C)n1ccc(CC(NC)c2ccc(Cl)cc2Br)n1. The zero-order valence-corrected chi connectivity index (χ0v) is 14.9. The van der Waals surface area contributed by atoms with Crippen molar-refractivity contribution in [2.75, 3.05) is 7.05 Å². The highest BCUT2D eigenvalue weighted by Crippen LogP contribution is 2.28. The standard InChI is InChI=1S/C16H21BrClN3/c1-4-11(2)21-8-7-13(20-21)10-16(19-3)14-6-5-12(18)9-15(14)17/h5-9,11,16,19H,4,10H2,1-3H3. The minimum atomic E-state index is 0.205. The van der Waals surface area contributed by atoms with E-state index in [4.69, 9.17) is 11.6 Å². The van der Waals surface area contributed by atoms with E-state index in [2.05, 4.69) is 58.5 Å². The normalized spacial score (nSPS) is 14.1. The molecule has 114 valence electrons. The Bertz CT molecular complexity index is 597. The molecule has 2 rings (SSSR count). The van der Waals surface area contributed by atoms with E-state index in [0.29, 0.717) is 6.04 Å². The van der Waals surface area contributed by atoms with Gasteiger partial charge in [0, 0.05) is 34.2 Å². The van der Waals surface area contributed by atoms with Gasteiger partial charge in [-0.2, -0.15) is 5.10 Å². The average Bonchev–Trinajstić information content (AvgIpc) is 2.93. The van der Waals surface area contributed by atoms with E-state index < -0.39 is 0 Å². The van der Waals surface area contributed by atoms with E-state index in [0.717, 1.165) is 28.0 Å². The molecule has 0 spiro atoms. The number of aromatic nitrogens is 2. The highest BCUT2D eigenvalue weighted by atomic mass is 79.9. The van der Waals surface area contributed by atoms with Crippen LogP contribution in [0.5, 0.6) is 0 Å². The summed E-state index contributed by atoms with van der Waals surface area (Å²) < 4.78 is 3.06. The third kappa shape index (κ3) is 4.09. The molecule has 0 aliphatic rings. The Morgan fingerprint density at radius 2 is 2.14 bits per heavy atom. The lowest BCUT2D eigenvalue weighted by atomic mass is 10.0. The van der Waals surface area contributed by atoms with Gasteiger partial charge in [0.25, 0.3) is 0 Å². The Hall–Kier alpha value is -0.840. The molecule has 0 amide bonds. The fraction of sp³-hybridized carbons (Fsp3) is 0.438. The summed E-state index contributed by atoms with van der Waals surface area (Å²) in [6.07, 6.45) is 3.99. The average molecular weight is 371 g/mol. The quantitative estimate of drug-likeness (QED) is 0.793. The van der Waals surface area contributed by atoms with E-state index in [1.807, 2.05) is 23.9 Å². The largest absolute Gasteiger partial charge is 0.313 e. The first-order valence-corrected chi connectivity index (χ1v) is 8.38. The zero-order valence-electron chi connectivity index (χ0n) is 12.6. The summed E-state index contributed by atoms with van der Waals surface area (Å²) in [5.41, 5.74) is 2.29. The monoisotopic (exact) mass is 369 g/mol. The molecule has 0 saturated carbocycles. The Labute approximate surface area is 139 Å². The topological polar surface area (TPSA) is 29.9 Å². The van der Waals surface area contributed by atoms with Crippen molar-refractivity contribution in [1.82, 2.24) is 15.1 Å². The number of rotatable bonds is 6. The summed E-state index contributed by atoms with van der Waals surface area (Å²) >= 11 is 9.60. The zero-order chi connectivity index (χ0) is 15.4. The molecule has 0 radical (unpaired) electrons. The van der Waals surface area contributed by atoms with Crippen LogP contribution in [-0.2, 0) is 6.42 Å². The van der Waals surface area contributed by atoms with Crippen molar-refractivity contribution in [1.29, 1.82) is 0 Å². The predicted octanol–water partition coefficient (Wildman–Crippen LogP) is 4.77. The molecule has 0 aliphatic carbocycles. The predicted molar refractivity (Wildman–Crippen MR) is 91.9 cm³/mol. The molecule has 2 atom stereocenters. The van der Waals surface area contributed by atoms with Crippen molar-refractivity contribution < 1.29 is 0 Å². The molecule has 5 heteroatoms. The fourth-order valence-electron chi connectivity index (χ4n) is 2.28. The van der Waals surface area contributed by atoms with Gasteiger partial charge in [0.2, 0.25) is 0 Å². The maximum atomic E-state index is 6.01. The lowest BCUT2D eigenvalue weighted by molar-refractivity contribution is 0.469. The van der Waals surface area contributed by atoms with Crippen molar-refractivity contribution in [3.8, 4) is 0 Å². The number of nitrogens with one attached hydrogen (secondary N) is 1. The van der Waals surface area contributed by atoms with Gasteiger partial charge in [-0.1, -0.05) is 40.5 Å². The summed E-state index contributed by atoms with van der Waals surface area (Å²) in [6, 6.07) is 8.65. The van der Waals surface area contributed by atoms with Gasteiger partial charge in [0.05, 0.1) is 5.69 Å². The maximum absolute atomic E-state index is 6.01. The van der Waals surface area contributed by atoms with E-state index >= 15 is 0 Å². The number of halogens is 2. The third-order valence-electron chi connectivity index (χ3n) is 3.81. The lowest BCUT2D eigenvalue weighted by Crippen LogP contribution is -2.19. The molecule has 0 fully saturated rings. The van der Waals surface area contributed by atoms with Crippen LogP contribution >= 0.6 is 27.5 Å². The molecular weight excluding hydrogens is 350 g/mol. The first kappa shape index (κ1) is 16.5. The molecule has 2 aromatic rings. The van der Waals surface area contributed by atoms with Crippen molar-refractivity contribution in [2.24, 2.45) is 0 Å². The molecule has 1 heterocycles. The molecule has 0 aliphatic heterocycles. The summed E-state index contributed by atoms with van der Waals surface area (Å²) in [5, 5.41) is 8.77. The van der Waals surface area contributed by atoms with Gasteiger partial charge in [0.1, 0.15) is 0 Å². The molecule has 1 aromatic heterocycles. The van der Waals surface area contributed by atoms with Gasteiger partial charge < -0.3 is 5.32 Å². The smallest absolute Gasteiger partial charge is 0.0643 e. The van der Waals surface area contributed by atoms with Gasteiger partial charge in [-0.3, -0.25) is 4.68 Å². The van der Waals surface area contributed by atoms with Crippen LogP contribution in [0, 0.1) is 0 Å². The molecule has 1 N–H and O–H groups in total. The van der Waals surface area contributed by atoms with Gasteiger partial charge in [-0.15, -0.1) is 0 Å².